The molecule has 194 valence electrons. The van der Waals surface area contributed by atoms with Gasteiger partial charge in [0.15, 0.2) is 5.82 Å². The summed E-state index contributed by atoms with van der Waals surface area (Å²) < 4.78 is 5.55. The molecule has 0 aliphatic carbocycles. The van der Waals surface area contributed by atoms with E-state index in [1.807, 2.05) is 18.2 Å². The number of hydrogen-bond acceptors (Lipinski definition) is 9. The molecule has 0 saturated carbocycles. The van der Waals surface area contributed by atoms with Crippen molar-refractivity contribution in [2.45, 2.75) is 31.3 Å². The molecule has 6 rings (SSSR count). The minimum atomic E-state index is -0.220. The molecule has 2 N–H and O–H groups in total. The highest BCUT2D eigenvalue weighted by molar-refractivity contribution is 5.61. The molecule has 3 aromatic rings. The largest absolute Gasteiger partial charge is 0.508 e. The molecule has 3 aliphatic rings. The molecule has 0 amide bonds. The summed E-state index contributed by atoms with van der Waals surface area (Å²) in [5.74, 6) is 1.90. The van der Waals surface area contributed by atoms with Gasteiger partial charge in [-0.25, -0.2) is 0 Å². The smallest absolute Gasteiger partial charge is 0.231 e. The highest BCUT2D eigenvalue weighted by atomic mass is 16.5. The molecule has 2 saturated heterocycles. The van der Waals surface area contributed by atoms with E-state index in [0.29, 0.717) is 30.3 Å². The van der Waals surface area contributed by atoms with Crippen molar-refractivity contribution in [2.24, 2.45) is 0 Å². The van der Waals surface area contributed by atoms with Crippen LogP contribution in [0.15, 0.2) is 48.5 Å². The first-order valence-electron chi connectivity index (χ1n) is 13.3. The first-order chi connectivity index (χ1) is 18.2. The maximum Gasteiger partial charge on any atom is 0.231 e. The Bertz CT molecular complexity index is 1230. The zero-order valence-corrected chi connectivity index (χ0v) is 21.0. The van der Waals surface area contributed by atoms with Gasteiger partial charge in [-0.3, -0.25) is 4.90 Å². The molecule has 2 fully saturated rings. The number of aliphatic hydroxyl groups excluding tert-OH is 1. The number of hydrogen-bond donors (Lipinski definition) is 2. The van der Waals surface area contributed by atoms with E-state index in [1.165, 1.54) is 5.56 Å². The quantitative estimate of drug-likeness (QED) is 0.546. The summed E-state index contributed by atoms with van der Waals surface area (Å²) in [4.78, 5) is 21.6. The molecule has 37 heavy (non-hydrogen) atoms. The van der Waals surface area contributed by atoms with Crippen LogP contribution in [0.2, 0.25) is 0 Å². The van der Waals surface area contributed by atoms with Crippen molar-refractivity contribution >= 4 is 11.9 Å². The number of piperazine rings is 1. The maximum absolute atomic E-state index is 10.4. The van der Waals surface area contributed by atoms with E-state index in [9.17, 15) is 10.2 Å². The van der Waals surface area contributed by atoms with E-state index >= 15 is 0 Å². The normalized spacial score (nSPS) is 21.2. The van der Waals surface area contributed by atoms with Gasteiger partial charge in [0, 0.05) is 57.5 Å². The fourth-order valence-corrected chi connectivity index (χ4v) is 5.82. The lowest BCUT2D eigenvalue weighted by Gasteiger charge is -2.41. The Balaban J connectivity index is 1.32. The monoisotopic (exact) mass is 502 g/mol. The summed E-state index contributed by atoms with van der Waals surface area (Å²) in [7, 11) is 0. The number of aromatic hydroxyl groups is 1. The summed E-state index contributed by atoms with van der Waals surface area (Å²) >= 11 is 0. The molecule has 3 aliphatic heterocycles. The van der Waals surface area contributed by atoms with Crippen LogP contribution in [0.3, 0.4) is 0 Å². The summed E-state index contributed by atoms with van der Waals surface area (Å²) in [5.41, 5.74) is 3.11. The fourth-order valence-electron chi connectivity index (χ4n) is 5.82. The standard InChI is InChI=1S/C28H34N6O3/c35-19-25-24-7-2-1-4-20(24)8-11-34(25)28-30-26(21-5-3-6-23(36)18-21)29-27(31-28)33-14-12-32(13-15-33)22-9-16-37-17-10-22/h1-7,18,22,25,35-36H,8-17,19H2. The third-order valence-electron chi connectivity index (χ3n) is 7.86. The maximum atomic E-state index is 10.4. The molecule has 4 heterocycles. The molecule has 1 aromatic heterocycles. The van der Waals surface area contributed by atoms with Gasteiger partial charge in [0.1, 0.15) is 5.75 Å². The molecule has 1 unspecified atom stereocenters. The zero-order valence-electron chi connectivity index (χ0n) is 21.0. The van der Waals surface area contributed by atoms with Crippen molar-refractivity contribution < 1.29 is 14.9 Å². The Morgan fingerprint density at radius 3 is 2.43 bits per heavy atom. The van der Waals surface area contributed by atoms with Crippen LogP contribution in [0.5, 0.6) is 5.75 Å². The SMILES string of the molecule is OCC1c2ccccc2CCN1c1nc(-c2cccc(O)c2)nc(N2CCN(C3CCOCC3)CC2)n1. The van der Waals surface area contributed by atoms with E-state index in [1.54, 1.807) is 18.2 Å². The number of phenols is 1. The molecule has 9 heteroatoms. The first-order valence-corrected chi connectivity index (χ1v) is 13.3. The van der Waals surface area contributed by atoms with Gasteiger partial charge in [-0.15, -0.1) is 0 Å². The lowest BCUT2D eigenvalue weighted by atomic mass is 9.93. The van der Waals surface area contributed by atoms with Crippen LogP contribution in [0.1, 0.15) is 30.0 Å². The zero-order chi connectivity index (χ0) is 25.2. The molecule has 2 aromatic carbocycles. The molecule has 1 atom stereocenters. The van der Waals surface area contributed by atoms with Crippen LogP contribution in [0.25, 0.3) is 11.4 Å². The van der Waals surface area contributed by atoms with Gasteiger partial charge < -0.3 is 24.7 Å². The third-order valence-corrected chi connectivity index (χ3v) is 7.86. The van der Waals surface area contributed by atoms with Gasteiger partial charge in [0.2, 0.25) is 11.9 Å². The Kier molecular flexibility index (Phi) is 6.91. The van der Waals surface area contributed by atoms with E-state index in [-0.39, 0.29) is 18.4 Å². The number of fused-ring (bicyclic) bond motifs is 1. The van der Waals surface area contributed by atoms with Crippen molar-refractivity contribution in [3.05, 3.63) is 59.7 Å². The van der Waals surface area contributed by atoms with Gasteiger partial charge in [-0.2, -0.15) is 15.0 Å². The topological polar surface area (TPSA) is 98.1 Å². The Morgan fingerprint density at radius 2 is 1.65 bits per heavy atom. The molecular weight excluding hydrogens is 468 g/mol. The third kappa shape index (κ3) is 4.99. The average molecular weight is 503 g/mol. The minimum absolute atomic E-state index is 0.0245. The van der Waals surface area contributed by atoms with Gasteiger partial charge in [0.25, 0.3) is 0 Å². The summed E-state index contributed by atoms with van der Waals surface area (Å²) in [5, 5.41) is 20.5. The lowest BCUT2D eigenvalue weighted by molar-refractivity contribution is 0.0320. The Labute approximate surface area is 217 Å². The summed E-state index contributed by atoms with van der Waals surface area (Å²) in [6, 6.07) is 15.7. The number of nitrogens with zero attached hydrogens (tertiary/aromatic N) is 6. The second kappa shape index (κ2) is 10.6. The van der Waals surface area contributed by atoms with E-state index in [0.717, 1.165) is 69.8 Å². The van der Waals surface area contributed by atoms with Crippen LogP contribution in [0.4, 0.5) is 11.9 Å². The van der Waals surface area contributed by atoms with Crippen molar-refractivity contribution in [2.75, 3.05) is 62.3 Å². The average Bonchev–Trinajstić information content (AvgIpc) is 2.97. The lowest BCUT2D eigenvalue weighted by Crippen LogP contribution is -2.52. The predicted octanol–water partition coefficient (Wildman–Crippen LogP) is 2.64. The molecule has 0 bridgehead atoms. The number of phenolic OH excluding ortho intramolecular Hbond substituents is 1. The van der Waals surface area contributed by atoms with Crippen molar-refractivity contribution in [1.82, 2.24) is 19.9 Å². The van der Waals surface area contributed by atoms with Crippen molar-refractivity contribution in [3.63, 3.8) is 0 Å². The number of aliphatic hydroxyl groups is 1. The van der Waals surface area contributed by atoms with Crippen LogP contribution < -0.4 is 9.80 Å². The number of ether oxygens (including phenoxy) is 1. The van der Waals surface area contributed by atoms with Gasteiger partial charge in [0.05, 0.1) is 12.6 Å². The van der Waals surface area contributed by atoms with Crippen molar-refractivity contribution in [1.29, 1.82) is 0 Å². The van der Waals surface area contributed by atoms with Crippen LogP contribution in [-0.4, -0.2) is 88.7 Å². The molecule has 0 spiro atoms. The van der Waals surface area contributed by atoms with E-state index in [4.69, 9.17) is 19.7 Å². The van der Waals surface area contributed by atoms with Crippen molar-refractivity contribution in [3.8, 4) is 17.1 Å². The van der Waals surface area contributed by atoms with Crippen LogP contribution in [0, 0.1) is 0 Å². The number of rotatable bonds is 5. The highest BCUT2D eigenvalue weighted by Crippen LogP contribution is 2.34. The van der Waals surface area contributed by atoms with E-state index < -0.39 is 0 Å². The predicted molar refractivity (Wildman–Crippen MR) is 142 cm³/mol. The first kappa shape index (κ1) is 24.1. The van der Waals surface area contributed by atoms with Crippen LogP contribution >= 0.6 is 0 Å². The van der Waals surface area contributed by atoms with Gasteiger partial charge in [-0.05, 0) is 42.5 Å². The van der Waals surface area contributed by atoms with E-state index in [2.05, 4.69) is 26.8 Å². The second-order valence-corrected chi connectivity index (χ2v) is 10.0. The molecule has 0 radical (unpaired) electrons. The molecule has 9 nitrogen and oxygen atoms in total. The minimum Gasteiger partial charge on any atom is -0.508 e. The number of anilines is 2. The summed E-state index contributed by atoms with van der Waals surface area (Å²) in [6.45, 7) is 5.98. The summed E-state index contributed by atoms with van der Waals surface area (Å²) in [6.07, 6.45) is 3.05. The van der Waals surface area contributed by atoms with Crippen LogP contribution in [-0.2, 0) is 11.2 Å². The number of benzene rings is 2. The second-order valence-electron chi connectivity index (χ2n) is 10.0. The highest BCUT2D eigenvalue weighted by Gasteiger charge is 2.31. The fraction of sp³-hybridized carbons (Fsp3) is 0.464. The van der Waals surface area contributed by atoms with Gasteiger partial charge >= 0.3 is 0 Å². The Morgan fingerprint density at radius 1 is 0.865 bits per heavy atom. The molecular formula is C28H34N6O3. The Hall–Kier alpha value is -3.27. The van der Waals surface area contributed by atoms with Gasteiger partial charge in [-0.1, -0.05) is 36.4 Å². The number of aromatic nitrogens is 3.